The van der Waals surface area contributed by atoms with E-state index >= 15 is 0 Å². The van der Waals surface area contributed by atoms with Crippen molar-refractivity contribution in [1.29, 1.82) is 5.41 Å². The summed E-state index contributed by atoms with van der Waals surface area (Å²) in [4.78, 5) is 21.3. The van der Waals surface area contributed by atoms with Gasteiger partial charge in [0.2, 0.25) is 5.96 Å². The second kappa shape index (κ2) is 11.9. The van der Waals surface area contributed by atoms with Crippen LogP contribution in [0, 0.1) is 17.2 Å². The zero-order valence-corrected chi connectivity index (χ0v) is 21.1. The molecule has 3 aliphatic rings. The highest BCUT2D eigenvalue weighted by Crippen LogP contribution is 2.36. The molecule has 0 aromatic carbocycles. The van der Waals surface area contributed by atoms with Gasteiger partial charge in [-0.25, -0.2) is 0 Å². The third-order valence-electron chi connectivity index (χ3n) is 7.44. The molecule has 2 fully saturated rings. The minimum atomic E-state index is -0.360. The monoisotopic (exact) mass is 459 g/mol. The highest BCUT2D eigenvalue weighted by Gasteiger charge is 2.33. The average Bonchev–Trinajstić information content (AvgIpc) is 3.20. The van der Waals surface area contributed by atoms with Crippen LogP contribution in [0.2, 0.25) is 0 Å². The first-order valence-electron chi connectivity index (χ1n) is 12.9. The summed E-state index contributed by atoms with van der Waals surface area (Å²) in [5.74, 6) is 0.778. The first-order chi connectivity index (χ1) is 15.7. The summed E-state index contributed by atoms with van der Waals surface area (Å²) in [6, 6.07) is 1.10. The van der Waals surface area contributed by atoms with Crippen LogP contribution in [-0.4, -0.2) is 71.8 Å². The van der Waals surface area contributed by atoms with E-state index in [1.807, 2.05) is 4.90 Å². The summed E-state index contributed by atoms with van der Waals surface area (Å²) in [5.41, 5.74) is 7.48. The van der Waals surface area contributed by atoms with Crippen LogP contribution >= 0.6 is 0 Å². The Morgan fingerprint density at radius 1 is 1.18 bits per heavy atom. The first-order valence-corrected chi connectivity index (χ1v) is 12.9. The van der Waals surface area contributed by atoms with Gasteiger partial charge in [0, 0.05) is 50.2 Å². The molecular weight excluding hydrogens is 414 g/mol. The smallest absolute Gasteiger partial charge is 0.286 e. The number of amides is 1. The maximum absolute atomic E-state index is 12.9. The molecule has 0 aromatic heterocycles. The van der Waals surface area contributed by atoms with Crippen molar-refractivity contribution in [2.24, 2.45) is 22.6 Å². The molecule has 1 saturated heterocycles. The predicted molar refractivity (Wildman–Crippen MR) is 135 cm³/mol. The number of nitrogens with one attached hydrogen (secondary N) is 3. The Kier molecular flexibility index (Phi) is 9.18. The van der Waals surface area contributed by atoms with Crippen LogP contribution in [-0.2, 0) is 4.79 Å². The lowest BCUT2D eigenvalue weighted by atomic mass is 9.80. The van der Waals surface area contributed by atoms with E-state index in [1.54, 1.807) is 0 Å². The fourth-order valence-corrected chi connectivity index (χ4v) is 5.29. The van der Waals surface area contributed by atoms with Crippen molar-refractivity contribution in [3.05, 3.63) is 11.8 Å². The van der Waals surface area contributed by atoms with E-state index in [2.05, 4.69) is 54.4 Å². The van der Waals surface area contributed by atoms with Crippen LogP contribution in [0.15, 0.2) is 16.8 Å². The van der Waals surface area contributed by atoms with Crippen LogP contribution in [0.1, 0.15) is 72.6 Å². The number of fused-ring (bicyclic) bond motifs is 1. The van der Waals surface area contributed by atoms with E-state index in [1.165, 1.54) is 31.3 Å². The fraction of sp³-hybridized carbons (Fsp3) is 0.800. The molecule has 2 heterocycles. The molecule has 0 aromatic rings. The third kappa shape index (κ3) is 7.19. The fourth-order valence-electron chi connectivity index (χ4n) is 5.29. The molecule has 1 amide bonds. The highest BCUT2D eigenvalue weighted by molar-refractivity contribution is 6.38. The number of aliphatic imine (C=N–C) groups is 1. The van der Waals surface area contributed by atoms with E-state index in [0.29, 0.717) is 23.9 Å². The largest absolute Gasteiger partial charge is 0.388 e. The molecule has 5 N–H and O–H groups in total. The SMILES string of the molecule is CC(C)CCC(CC1=CNC2CCCC[C@@H]12)NC(=O)C(N)=NC(=N)N1CCN(C(C)C)CC1. The van der Waals surface area contributed by atoms with Crippen LogP contribution in [0.4, 0.5) is 0 Å². The summed E-state index contributed by atoms with van der Waals surface area (Å²) >= 11 is 0. The van der Waals surface area contributed by atoms with Crippen molar-refractivity contribution in [3.63, 3.8) is 0 Å². The van der Waals surface area contributed by atoms with E-state index in [-0.39, 0.29) is 23.7 Å². The van der Waals surface area contributed by atoms with Gasteiger partial charge in [-0.1, -0.05) is 26.7 Å². The molecule has 0 spiro atoms. The van der Waals surface area contributed by atoms with Crippen LogP contribution in [0.5, 0.6) is 0 Å². The van der Waals surface area contributed by atoms with E-state index < -0.39 is 0 Å². The number of nitrogens with two attached hydrogens (primary N) is 1. The summed E-state index contributed by atoms with van der Waals surface area (Å²) in [5, 5.41) is 15.0. The van der Waals surface area contributed by atoms with E-state index in [4.69, 9.17) is 11.1 Å². The zero-order chi connectivity index (χ0) is 24.0. The lowest BCUT2D eigenvalue weighted by Gasteiger charge is -2.37. The lowest BCUT2D eigenvalue weighted by molar-refractivity contribution is -0.115. The number of carbonyl (C=O) groups is 1. The molecule has 3 rings (SSSR count). The van der Waals surface area contributed by atoms with Gasteiger partial charge in [-0.05, 0) is 63.6 Å². The average molecular weight is 460 g/mol. The molecule has 1 aliphatic carbocycles. The van der Waals surface area contributed by atoms with Gasteiger partial charge >= 0.3 is 0 Å². The summed E-state index contributed by atoms with van der Waals surface area (Å²) in [7, 11) is 0. The molecule has 8 heteroatoms. The van der Waals surface area contributed by atoms with Gasteiger partial charge in [0.25, 0.3) is 5.91 Å². The third-order valence-corrected chi connectivity index (χ3v) is 7.44. The van der Waals surface area contributed by atoms with Gasteiger partial charge < -0.3 is 21.3 Å². The molecule has 2 aliphatic heterocycles. The van der Waals surface area contributed by atoms with Crippen molar-refractivity contribution in [1.82, 2.24) is 20.4 Å². The normalized spacial score (nSPS) is 25.0. The predicted octanol–water partition coefficient (Wildman–Crippen LogP) is 2.66. The number of piperazine rings is 1. The Hall–Kier alpha value is -2.09. The van der Waals surface area contributed by atoms with Gasteiger partial charge in [-0.15, -0.1) is 0 Å². The second-order valence-electron chi connectivity index (χ2n) is 10.7. The maximum atomic E-state index is 12.9. The number of hydrogen-bond donors (Lipinski definition) is 4. The number of carbonyl (C=O) groups excluding carboxylic acids is 1. The lowest BCUT2D eigenvalue weighted by Crippen LogP contribution is -2.51. The van der Waals surface area contributed by atoms with Gasteiger partial charge in [-0.3, -0.25) is 15.1 Å². The molecule has 0 radical (unpaired) electrons. The van der Waals surface area contributed by atoms with Crippen LogP contribution < -0.4 is 16.4 Å². The van der Waals surface area contributed by atoms with Crippen molar-refractivity contribution in [2.75, 3.05) is 26.2 Å². The molecule has 8 nitrogen and oxygen atoms in total. The van der Waals surface area contributed by atoms with Gasteiger partial charge in [0.1, 0.15) is 0 Å². The molecule has 186 valence electrons. The summed E-state index contributed by atoms with van der Waals surface area (Å²) in [6.45, 7) is 12.0. The molecule has 2 unspecified atom stereocenters. The topological polar surface area (TPSA) is 110 Å². The second-order valence-corrected chi connectivity index (χ2v) is 10.7. The quantitative estimate of drug-likeness (QED) is 0.346. The Morgan fingerprint density at radius 2 is 1.88 bits per heavy atom. The Labute approximate surface area is 199 Å². The Bertz CT molecular complexity index is 737. The van der Waals surface area contributed by atoms with Crippen molar-refractivity contribution < 1.29 is 4.79 Å². The molecule has 3 atom stereocenters. The van der Waals surface area contributed by atoms with Crippen molar-refractivity contribution in [2.45, 2.75) is 90.8 Å². The molecule has 0 bridgehead atoms. The number of nitrogens with zero attached hydrogens (tertiary/aromatic N) is 3. The first kappa shape index (κ1) is 25.5. The standard InChI is InChI=1S/C25H45N7O/c1-17(2)9-10-20(15-19-16-28-22-8-6-5-7-21(19)22)29-24(33)23(26)30-25(27)32-13-11-31(12-14-32)18(3)4/h16-18,20-22,28H,5-15H2,1-4H3,(H,29,33)(H3,26,27,30)/t20?,21-,22?/m0/s1. The van der Waals surface area contributed by atoms with Gasteiger partial charge in [0.05, 0.1) is 0 Å². The van der Waals surface area contributed by atoms with Gasteiger partial charge in [-0.2, -0.15) is 4.99 Å². The molecule has 33 heavy (non-hydrogen) atoms. The number of hydrogen-bond acceptors (Lipinski definition) is 4. The summed E-state index contributed by atoms with van der Waals surface area (Å²) < 4.78 is 0. The summed E-state index contributed by atoms with van der Waals surface area (Å²) in [6.07, 6.45) is 10.1. The highest BCUT2D eigenvalue weighted by atomic mass is 16.2. The minimum Gasteiger partial charge on any atom is -0.388 e. The van der Waals surface area contributed by atoms with E-state index in [9.17, 15) is 4.79 Å². The number of amidine groups is 1. The van der Waals surface area contributed by atoms with Crippen molar-refractivity contribution >= 4 is 17.7 Å². The number of guanidine groups is 1. The van der Waals surface area contributed by atoms with Crippen molar-refractivity contribution in [3.8, 4) is 0 Å². The Balaban J connectivity index is 1.57. The van der Waals surface area contributed by atoms with Gasteiger partial charge in [0.15, 0.2) is 5.84 Å². The van der Waals surface area contributed by atoms with Crippen LogP contribution in [0.3, 0.4) is 0 Å². The molecule has 1 saturated carbocycles. The Morgan fingerprint density at radius 3 is 2.55 bits per heavy atom. The van der Waals surface area contributed by atoms with E-state index in [0.717, 1.165) is 45.4 Å². The zero-order valence-electron chi connectivity index (χ0n) is 21.1. The van der Waals surface area contributed by atoms with Crippen LogP contribution in [0.25, 0.3) is 0 Å². The minimum absolute atomic E-state index is 0.0335. The maximum Gasteiger partial charge on any atom is 0.286 e. The molecular formula is C25H45N7O. The number of rotatable bonds is 7.